The molecule has 0 bridgehead atoms. The summed E-state index contributed by atoms with van der Waals surface area (Å²) in [5, 5.41) is 0. The van der Waals surface area contributed by atoms with Gasteiger partial charge in [-0.2, -0.15) is 0 Å². The Labute approximate surface area is 200 Å². The average molecular weight is 468 g/mol. The second kappa shape index (κ2) is 9.76. The highest BCUT2D eigenvalue weighted by Crippen LogP contribution is 2.43. The maximum Gasteiger partial charge on any atom is 0.325 e. The molecule has 34 heavy (non-hydrogen) atoms. The van der Waals surface area contributed by atoms with E-state index < -0.39 is 12.1 Å². The van der Waals surface area contributed by atoms with Gasteiger partial charge in [-0.15, -0.1) is 0 Å². The van der Waals surface area contributed by atoms with Crippen molar-refractivity contribution in [3.8, 4) is 0 Å². The van der Waals surface area contributed by atoms with Crippen molar-refractivity contribution in [2.75, 3.05) is 6.61 Å². The second-order valence-electron chi connectivity index (χ2n) is 9.56. The van der Waals surface area contributed by atoms with E-state index in [0.717, 1.165) is 11.1 Å². The van der Waals surface area contributed by atoms with E-state index in [1.807, 2.05) is 69.3 Å². The van der Waals surface area contributed by atoms with E-state index in [2.05, 4.69) is 17.0 Å². The number of hydrogen-bond donors (Lipinski definition) is 0. The lowest BCUT2D eigenvalue weighted by Crippen LogP contribution is -2.37. The summed E-state index contributed by atoms with van der Waals surface area (Å²) in [6.45, 7) is 7.11. The van der Waals surface area contributed by atoms with Crippen LogP contribution in [0.2, 0.25) is 0 Å². The van der Waals surface area contributed by atoms with Crippen LogP contribution in [0.1, 0.15) is 38.3 Å². The van der Waals surface area contributed by atoms with Crippen molar-refractivity contribution in [1.29, 1.82) is 0 Å². The molecule has 3 saturated heterocycles. The predicted octanol–water partition coefficient (Wildman–Crippen LogP) is 3.65. The van der Waals surface area contributed by atoms with Crippen LogP contribution in [0.5, 0.6) is 0 Å². The van der Waals surface area contributed by atoms with Crippen LogP contribution >= 0.6 is 0 Å². The second-order valence-corrected chi connectivity index (χ2v) is 9.56. The minimum absolute atomic E-state index is 0.0129. The van der Waals surface area contributed by atoms with Crippen LogP contribution in [0.25, 0.3) is 0 Å². The fourth-order valence-electron chi connectivity index (χ4n) is 5.07. The van der Waals surface area contributed by atoms with Gasteiger partial charge in [0.2, 0.25) is 0 Å². The molecule has 3 heterocycles. The Morgan fingerprint density at radius 3 is 2.35 bits per heavy atom. The molecular weight excluding hydrogens is 434 g/mol. The Kier molecular flexibility index (Phi) is 6.73. The zero-order valence-electron chi connectivity index (χ0n) is 20.0. The summed E-state index contributed by atoms with van der Waals surface area (Å²) in [6.07, 6.45) is -0.712. The summed E-state index contributed by atoms with van der Waals surface area (Å²) in [7, 11) is 0. The van der Waals surface area contributed by atoms with Gasteiger partial charge in [-0.25, -0.2) is 0 Å². The van der Waals surface area contributed by atoms with Crippen molar-refractivity contribution < 1.29 is 28.5 Å². The number of carbonyl (C=O) groups excluding carboxylic acids is 1. The van der Waals surface area contributed by atoms with Crippen LogP contribution in [0.3, 0.4) is 0 Å². The molecule has 0 aliphatic carbocycles. The maximum atomic E-state index is 12.7. The Hall–Kier alpha value is -2.29. The lowest BCUT2D eigenvalue weighted by Gasteiger charge is -2.26. The first-order valence-corrected chi connectivity index (χ1v) is 12.1. The fourth-order valence-corrected chi connectivity index (χ4v) is 5.07. The van der Waals surface area contributed by atoms with Crippen LogP contribution in [0.15, 0.2) is 60.7 Å². The number of ether oxygens (including phenoxy) is 5. The first-order chi connectivity index (χ1) is 16.4. The molecule has 0 saturated carbocycles. The van der Waals surface area contributed by atoms with Gasteiger partial charge in [-0.1, -0.05) is 60.7 Å². The molecule has 0 aromatic heterocycles. The van der Waals surface area contributed by atoms with E-state index in [1.165, 1.54) is 0 Å². The third-order valence-corrected chi connectivity index (χ3v) is 6.64. The van der Waals surface area contributed by atoms with Gasteiger partial charge in [0.15, 0.2) is 12.1 Å². The van der Waals surface area contributed by atoms with Crippen LogP contribution in [0, 0.1) is 0 Å². The van der Waals surface area contributed by atoms with Crippen LogP contribution in [-0.2, 0) is 41.6 Å². The van der Waals surface area contributed by atoms with Gasteiger partial charge >= 0.3 is 5.97 Å². The zero-order valence-corrected chi connectivity index (χ0v) is 20.0. The highest BCUT2D eigenvalue weighted by atomic mass is 16.8. The average Bonchev–Trinajstić information content (AvgIpc) is 3.26. The Morgan fingerprint density at radius 1 is 1.00 bits per heavy atom. The third-order valence-electron chi connectivity index (χ3n) is 6.64. The quantitative estimate of drug-likeness (QED) is 0.412. The summed E-state index contributed by atoms with van der Waals surface area (Å²) in [5.41, 5.74) is 2.25. The summed E-state index contributed by atoms with van der Waals surface area (Å²) < 4.78 is 30.2. The number of hydrogen-bond acceptors (Lipinski definition) is 7. The van der Waals surface area contributed by atoms with Gasteiger partial charge in [-0.3, -0.25) is 9.69 Å². The van der Waals surface area contributed by atoms with Gasteiger partial charge in [-0.05, 0) is 38.3 Å². The molecule has 0 N–H and O–H groups in total. The van der Waals surface area contributed by atoms with E-state index in [9.17, 15) is 4.79 Å². The number of carbonyl (C=O) groups is 1. The van der Waals surface area contributed by atoms with E-state index in [0.29, 0.717) is 26.2 Å². The Balaban J connectivity index is 1.30. The largest absolute Gasteiger partial charge is 0.465 e. The molecule has 1 unspecified atom stereocenters. The topological polar surface area (TPSA) is 66.2 Å². The smallest absolute Gasteiger partial charge is 0.325 e. The zero-order chi connectivity index (χ0) is 23.7. The maximum absolute atomic E-state index is 12.7. The predicted molar refractivity (Wildman–Crippen MR) is 125 cm³/mol. The number of esters is 1. The van der Waals surface area contributed by atoms with Gasteiger partial charge < -0.3 is 23.7 Å². The normalized spacial score (nSPS) is 33.4. The summed E-state index contributed by atoms with van der Waals surface area (Å²) in [6, 6.07) is 20.0. The van der Waals surface area contributed by atoms with E-state index >= 15 is 0 Å². The van der Waals surface area contributed by atoms with Gasteiger partial charge in [0.25, 0.3) is 0 Å². The molecule has 0 spiro atoms. The molecule has 2 aromatic rings. The van der Waals surface area contributed by atoms with Crippen LogP contribution < -0.4 is 0 Å². The standard InChI is InChI=1S/C27H33NO6/c1-4-30-25(29)22-20(28(22)16-18-11-7-5-8-12-18)15-21-23(31-17-19-13-9-6-10-14-19)24-26(32-21)34-27(2,3)33-24/h5-14,20-24,26H,4,15-17H2,1-3H3/t20-,21+,22-,23-,24+,26+,28?/m0/s1. The third kappa shape index (κ3) is 5.04. The molecular formula is C27H33NO6. The number of benzene rings is 2. The minimum Gasteiger partial charge on any atom is -0.465 e. The van der Waals surface area contributed by atoms with Gasteiger partial charge in [0.1, 0.15) is 18.2 Å². The van der Waals surface area contributed by atoms with Crippen molar-refractivity contribution in [2.24, 2.45) is 0 Å². The van der Waals surface area contributed by atoms with Gasteiger partial charge in [0.05, 0.1) is 19.3 Å². The highest BCUT2D eigenvalue weighted by molar-refractivity contribution is 5.80. The first kappa shape index (κ1) is 23.5. The summed E-state index contributed by atoms with van der Waals surface area (Å²) >= 11 is 0. The SMILES string of the molecule is CCOC(=O)[C@@H]1[C@H](C[C@H]2O[C@@H]3OC(C)(C)O[C@@H]3[C@H]2OCc2ccccc2)N1Cc1ccccc1. The molecule has 7 atom stereocenters. The van der Waals surface area contributed by atoms with E-state index in [-0.39, 0.29) is 36.4 Å². The van der Waals surface area contributed by atoms with E-state index in [4.69, 9.17) is 23.7 Å². The van der Waals surface area contributed by atoms with Crippen molar-refractivity contribution >= 4 is 5.97 Å². The minimum atomic E-state index is -0.721. The molecule has 5 rings (SSSR count). The molecule has 0 amide bonds. The molecule has 3 aliphatic heterocycles. The molecule has 182 valence electrons. The Morgan fingerprint density at radius 2 is 1.68 bits per heavy atom. The van der Waals surface area contributed by atoms with Crippen molar-refractivity contribution in [1.82, 2.24) is 4.90 Å². The molecule has 2 aromatic carbocycles. The molecule has 7 nitrogen and oxygen atoms in total. The van der Waals surface area contributed by atoms with Crippen molar-refractivity contribution in [3.63, 3.8) is 0 Å². The first-order valence-electron chi connectivity index (χ1n) is 12.1. The summed E-state index contributed by atoms with van der Waals surface area (Å²) in [4.78, 5) is 14.8. The number of nitrogens with zero attached hydrogens (tertiary/aromatic N) is 1. The number of fused-ring (bicyclic) bond motifs is 1. The van der Waals surface area contributed by atoms with Crippen LogP contribution in [0.4, 0.5) is 0 Å². The molecule has 3 aliphatic rings. The molecule has 7 heteroatoms. The monoisotopic (exact) mass is 467 g/mol. The van der Waals surface area contributed by atoms with Crippen molar-refractivity contribution in [3.05, 3.63) is 71.8 Å². The highest BCUT2D eigenvalue weighted by Gasteiger charge is 2.60. The fraction of sp³-hybridized carbons (Fsp3) is 0.519. The number of rotatable bonds is 9. The summed E-state index contributed by atoms with van der Waals surface area (Å²) in [5.74, 6) is -0.905. The Bertz CT molecular complexity index is 968. The lowest BCUT2D eigenvalue weighted by molar-refractivity contribution is -0.219. The lowest BCUT2D eigenvalue weighted by atomic mass is 10.0. The van der Waals surface area contributed by atoms with Gasteiger partial charge in [0, 0.05) is 12.6 Å². The molecule has 3 fully saturated rings. The van der Waals surface area contributed by atoms with Crippen molar-refractivity contribution in [2.45, 2.75) is 82.8 Å². The van der Waals surface area contributed by atoms with Crippen LogP contribution in [-0.4, -0.2) is 59.9 Å². The van der Waals surface area contributed by atoms with E-state index in [1.54, 1.807) is 0 Å². The molecule has 0 radical (unpaired) electrons.